The van der Waals surface area contributed by atoms with Crippen LogP contribution in [0, 0.1) is 0 Å². The van der Waals surface area contributed by atoms with Gasteiger partial charge in [-0.15, -0.1) is 0 Å². The molecule has 12 nitrogen and oxygen atoms in total. The average molecular weight is 614 g/mol. The van der Waals surface area contributed by atoms with Crippen molar-refractivity contribution >= 4 is 46.2 Å². The monoisotopic (exact) mass is 614 g/mol. The second kappa shape index (κ2) is 18.4. The largest absolute Gasteiger partial charge is 0.357 e. The molecule has 0 unspecified atom stereocenters. The number of carbonyl (C=O) groups excluding carboxylic acids is 4. The lowest BCUT2D eigenvalue weighted by molar-refractivity contribution is -0.123. The van der Waals surface area contributed by atoms with Gasteiger partial charge in [0.25, 0.3) is 5.91 Å². The number of hydrogen-bond donors (Lipinski definition) is 5. The standard InChI is InChI=1S/C23H35IN8O4/c1-27-23(36)19(6-2-4-10-28-21(34)13-24)31-22(35)18-9-8-16(12-17(18)14-25)15-29-20(33)7-3-5-11-30-32-26/h8-9,12,19H,2-7,10-11,13-15,25H2,1H3,(H,27,36)(H,28,34)(H,29,33)(H,31,35)/t19-/m0/s1. The molecule has 0 saturated heterocycles. The first kappa shape index (κ1) is 31.1. The number of nitrogens with two attached hydrogens (primary N) is 1. The quantitative estimate of drug-likeness (QED) is 0.0446. The van der Waals surface area contributed by atoms with E-state index >= 15 is 0 Å². The second-order valence-corrected chi connectivity index (χ2v) is 8.77. The van der Waals surface area contributed by atoms with E-state index in [1.807, 2.05) is 22.6 Å². The van der Waals surface area contributed by atoms with Crippen LogP contribution in [-0.2, 0) is 27.5 Å². The number of benzene rings is 1. The predicted molar refractivity (Wildman–Crippen MR) is 145 cm³/mol. The molecular formula is C23H35IN8O4. The molecular weight excluding hydrogens is 579 g/mol. The van der Waals surface area contributed by atoms with E-state index in [4.69, 9.17) is 11.3 Å². The maximum atomic E-state index is 12.9. The Balaban J connectivity index is 2.66. The Hall–Kier alpha value is -2.90. The summed E-state index contributed by atoms with van der Waals surface area (Å²) < 4.78 is 0.392. The molecule has 0 aliphatic carbocycles. The Morgan fingerprint density at radius 1 is 1.11 bits per heavy atom. The van der Waals surface area contributed by atoms with Crippen molar-refractivity contribution in [1.82, 2.24) is 21.3 Å². The zero-order chi connectivity index (χ0) is 26.8. The molecule has 1 atom stereocenters. The van der Waals surface area contributed by atoms with E-state index in [0.29, 0.717) is 73.7 Å². The average Bonchev–Trinajstić information content (AvgIpc) is 2.89. The van der Waals surface area contributed by atoms with Crippen molar-refractivity contribution < 1.29 is 19.2 Å². The summed E-state index contributed by atoms with van der Waals surface area (Å²) in [5.41, 5.74) is 15.9. The van der Waals surface area contributed by atoms with Crippen molar-refractivity contribution in [2.24, 2.45) is 10.8 Å². The lowest BCUT2D eigenvalue weighted by Gasteiger charge is -2.19. The molecule has 13 heteroatoms. The van der Waals surface area contributed by atoms with E-state index in [1.165, 1.54) is 7.05 Å². The van der Waals surface area contributed by atoms with Gasteiger partial charge >= 0.3 is 0 Å². The summed E-state index contributed by atoms with van der Waals surface area (Å²) in [4.78, 5) is 51.2. The maximum absolute atomic E-state index is 12.9. The van der Waals surface area contributed by atoms with Gasteiger partial charge in [0, 0.05) is 50.1 Å². The third-order valence-corrected chi connectivity index (χ3v) is 6.02. The molecule has 198 valence electrons. The number of rotatable bonds is 17. The van der Waals surface area contributed by atoms with Gasteiger partial charge in [0.2, 0.25) is 17.7 Å². The van der Waals surface area contributed by atoms with Crippen molar-refractivity contribution in [2.45, 2.75) is 57.7 Å². The highest BCUT2D eigenvalue weighted by Gasteiger charge is 2.21. The SMILES string of the molecule is CNC(=O)[C@H](CCCCNC(=O)CI)NC(=O)c1ccc(CNC(=O)CCCCN=[N+]=[N-])cc1CN. The Bertz CT molecular complexity index is 937. The van der Waals surface area contributed by atoms with E-state index in [2.05, 4.69) is 31.3 Å². The van der Waals surface area contributed by atoms with Gasteiger partial charge in [-0.2, -0.15) is 0 Å². The van der Waals surface area contributed by atoms with Crippen LogP contribution >= 0.6 is 22.6 Å². The normalized spacial score (nSPS) is 11.1. The van der Waals surface area contributed by atoms with E-state index < -0.39 is 11.9 Å². The van der Waals surface area contributed by atoms with Crippen molar-refractivity contribution in [1.29, 1.82) is 0 Å². The number of halogens is 1. The van der Waals surface area contributed by atoms with Gasteiger partial charge in [-0.25, -0.2) is 0 Å². The number of alkyl halides is 1. The lowest BCUT2D eigenvalue weighted by Crippen LogP contribution is -2.46. The second-order valence-electron chi connectivity index (χ2n) is 8.00. The Labute approximate surface area is 224 Å². The summed E-state index contributed by atoms with van der Waals surface area (Å²) in [5, 5.41) is 14.4. The number of azide groups is 1. The van der Waals surface area contributed by atoms with Crippen LogP contribution < -0.4 is 27.0 Å². The van der Waals surface area contributed by atoms with Crippen molar-refractivity contribution in [3.63, 3.8) is 0 Å². The van der Waals surface area contributed by atoms with Crippen molar-refractivity contribution in [3.8, 4) is 0 Å². The first-order valence-electron chi connectivity index (χ1n) is 11.8. The summed E-state index contributed by atoms with van der Waals surface area (Å²) in [7, 11) is 1.51. The van der Waals surface area contributed by atoms with Crippen LogP contribution in [0.4, 0.5) is 0 Å². The van der Waals surface area contributed by atoms with Crippen LogP contribution in [0.25, 0.3) is 10.4 Å². The van der Waals surface area contributed by atoms with E-state index in [0.717, 1.165) is 5.56 Å². The van der Waals surface area contributed by atoms with Gasteiger partial charge in [0.05, 0.1) is 4.43 Å². The van der Waals surface area contributed by atoms with Gasteiger partial charge in [-0.05, 0) is 54.8 Å². The van der Waals surface area contributed by atoms with E-state index in [-0.39, 0.29) is 24.3 Å². The molecule has 0 radical (unpaired) electrons. The molecule has 0 spiro atoms. The smallest absolute Gasteiger partial charge is 0.252 e. The van der Waals surface area contributed by atoms with Crippen molar-refractivity contribution in [2.75, 3.05) is 24.6 Å². The number of unbranched alkanes of at least 4 members (excludes halogenated alkanes) is 2. The molecule has 4 amide bonds. The van der Waals surface area contributed by atoms with Gasteiger partial charge in [-0.3, -0.25) is 19.2 Å². The van der Waals surface area contributed by atoms with Crippen molar-refractivity contribution in [3.05, 3.63) is 45.3 Å². The third kappa shape index (κ3) is 12.2. The number of likely N-dealkylation sites (N-methyl/N-ethyl adjacent to an activating group) is 1. The molecule has 0 aromatic heterocycles. The van der Waals surface area contributed by atoms with Gasteiger partial charge < -0.3 is 27.0 Å². The van der Waals surface area contributed by atoms with Gasteiger partial charge in [-0.1, -0.05) is 39.8 Å². The Morgan fingerprint density at radius 3 is 2.56 bits per heavy atom. The number of hydrogen-bond acceptors (Lipinski definition) is 6. The number of carbonyl (C=O) groups is 4. The fourth-order valence-electron chi connectivity index (χ4n) is 3.38. The topological polar surface area (TPSA) is 191 Å². The minimum absolute atomic E-state index is 0.0358. The molecule has 6 N–H and O–H groups in total. The minimum Gasteiger partial charge on any atom is -0.357 e. The van der Waals surface area contributed by atoms with Crippen LogP contribution in [0.15, 0.2) is 23.3 Å². The lowest BCUT2D eigenvalue weighted by atomic mass is 10.0. The zero-order valence-electron chi connectivity index (χ0n) is 20.5. The summed E-state index contributed by atoms with van der Waals surface area (Å²) in [5.74, 6) is -0.855. The Morgan fingerprint density at radius 2 is 1.89 bits per heavy atom. The Kier molecular flexibility index (Phi) is 15.9. The maximum Gasteiger partial charge on any atom is 0.252 e. The summed E-state index contributed by atoms with van der Waals surface area (Å²) in [6, 6.07) is 4.42. The molecule has 0 bridgehead atoms. The van der Waals surface area contributed by atoms with Crippen LogP contribution in [0.1, 0.15) is 60.0 Å². The number of amides is 4. The molecule has 0 aliphatic heterocycles. The molecule has 0 saturated carbocycles. The third-order valence-electron chi connectivity index (χ3n) is 5.33. The van der Waals surface area contributed by atoms with E-state index in [1.54, 1.807) is 18.2 Å². The molecule has 0 aliphatic rings. The predicted octanol–water partition coefficient (Wildman–Crippen LogP) is 1.81. The first-order chi connectivity index (χ1) is 17.4. The summed E-state index contributed by atoms with van der Waals surface area (Å²) >= 11 is 1.99. The van der Waals surface area contributed by atoms with Crippen LogP contribution in [0.2, 0.25) is 0 Å². The molecule has 36 heavy (non-hydrogen) atoms. The summed E-state index contributed by atoms with van der Waals surface area (Å²) in [6.07, 6.45) is 3.36. The molecule has 1 aromatic rings. The molecule has 1 aromatic carbocycles. The number of nitrogens with one attached hydrogen (secondary N) is 4. The number of nitrogens with zero attached hydrogens (tertiary/aromatic N) is 3. The highest BCUT2D eigenvalue weighted by Crippen LogP contribution is 2.13. The highest BCUT2D eigenvalue weighted by atomic mass is 127. The molecule has 0 heterocycles. The fraction of sp³-hybridized carbons (Fsp3) is 0.565. The summed E-state index contributed by atoms with van der Waals surface area (Å²) in [6.45, 7) is 1.29. The van der Waals surface area contributed by atoms with Crippen LogP contribution in [0.5, 0.6) is 0 Å². The van der Waals surface area contributed by atoms with Crippen LogP contribution in [0.3, 0.4) is 0 Å². The molecule has 1 rings (SSSR count). The fourth-order valence-corrected chi connectivity index (χ4v) is 3.65. The van der Waals surface area contributed by atoms with Gasteiger partial charge in [0.15, 0.2) is 0 Å². The minimum atomic E-state index is -0.716. The first-order valence-corrected chi connectivity index (χ1v) is 13.3. The van der Waals surface area contributed by atoms with Gasteiger partial charge in [0.1, 0.15) is 6.04 Å². The van der Waals surface area contributed by atoms with Crippen LogP contribution in [-0.4, -0.2) is 54.2 Å². The van der Waals surface area contributed by atoms with E-state index in [9.17, 15) is 19.2 Å². The zero-order valence-corrected chi connectivity index (χ0v) is 22.7. The molecule has 0 fully saturated rings. The highest BCUT2D eigenvalue weighted by molar-refractivity contribution is 14.1.